The molecule has 0 amide bonds. The number of Topliss-reactive ketones (excluding diaryl/α,β-unsaturated/α-hetero) is 1. The van der Waals surface area contributed by atoms with Crippen LogP contribution in [0.25, 0.3) is 16.7 Å². The first-order valence-electron chi connectivity index (χ1n) is 8.04. The third-order valence-corrected chi connectivity index (χ3v) is 4.71. The standard InChI is InChI=1S/C17H20N4O2/c1-12-16(15(22)11-20-7-9-23-10-8-20)17-19(2)13-5-3-4-6-14(13)21(17)18-12/h3-6H,7-11H2,1-2H3/p+1. The third kappa shape index (κ3) is 2.26. The lowest BCUT2D eigenvalue weighted by atomic mass is 10.1. The van der Waals surface area contributed by atoms with Crippen molar-refractivity contribution >= 4 is 22.5 Å². The van der Waals surface area contributed by atoms with Gasteiger partial charge in [-0.15, -0.1) is 0 Å². The van der Waals surface area contributed by atoms with Gasteiger partial charge in [-0.3, -0.25) is 4.79 Å². The van der Waals surface area contributed by atoms with Crippen molar-refractivity contribution in [3.05, 3.63) is 35.5 Å². The highest BCUT2D eigenvalue weighted by atomic mass is 16.5. The molecular formula is C17H21N4O2+. The molecule has 0 unspecified atom stereocenters. The summed E-state index contributed by atoms with van der Waals surface area (Å²) in [5, 5.41) is 4.62. The average Bonchev–Trinajstić information content (AvgIpc) is 3.04. The van der Waals surface area contributed by atoms with Gasteiger partial charge in [-0.05, 0) is 19.1 Å². The highest BCUT2D eigenvalue weighted by Crippen LogP contribution is 2.24. The first-order chi connectivity index (χ1) is 11.2. The predicted octanol–water partition coefficient (Wildman–Crippen LogP) is 0.232. The molecule has 0 radical (unpaired) electrons. The van der Waals surface area contributed by atoms with Crippen LogP contribution in [0.4, 0.5) is 0 Å². The van der Waals surface area contributed by atoms with Crippen LogP contribution in [0.5, 0.6) is 0 Å². The molecule has 3 aromatic rings. The van der Waals surface area contributed by atoms with Gasteiger partial charge in [0.15, 0.2) is 0 Å². The van der Waals surface area contributed by atoms with E-state index in [0.717, 1.165) is 54.2 Å². The minimum atomic E-state index is 0.167. The maximum atomic E-state index is 12.9. The van der Waals surface area contributed by atoms with Gasteiger partial charge in [0.2, 0.25) is 5.78 Å². The number of nitrogens with zero attached hydrogens (tertiary/aromatic N) is 3. The van der Waals surface area contributed by atoms with Crippen LogP contribution in [-0.2, 0) is 11.8 Å². The van der Waals surface area contributed by atoms with Gasteiger partial charge in [-0.25, -0.2) is 4.52 Å². The number of aromatic nitrogens is 3. The van der Waals surface area contributed by atoms with E-state index in [9.17, 15) is 4.79 Å². The van der Waals surface area contributed by atoms with Crippen molar-refractivity contribution in [3.63, 3.8) is 0 Å². The van der Waals surface area contributed by atoms with Crippen molar-refractivity contribution in [2.24, 2.45) is 7.05 Å². The molecule has 3 heterocycles. The van der Waals surface area contributed by atoms with Crippen molar-refractivity contribution < 1.29 is 14.4 Å². The molecule has 0 atom stereocenters. The highest BCUT2D eigenvalue weighted by molar-refractivity contribution is 6.05. The number of rotatable bonds is 3. The number of aryl methyl sites for hydroxylation is 2. The second-order valence-electron chi connectivity index (χ2n) is 6.21. The lowest BCUT2D eigenvalue weighted by Gasteiger charge is -2.22. The first-order valence-corrected chi connectivity index (χ1v) is 8.04. The number of para-hydroxylation sites is 2. The Bertz CT molecular complexity index is 887. The summed E-state index contributed by atoms with van der Waals surface area (Å²) >= 11 is 0. The predicted molar refractivity (Wildman–Crippen MR) is 87.1 cm³/mol. The quantitative estimate of drug-likeness (QED) is 0.705. The fourth-order valence-electron chi connectivity index (χ4n) is 3.51. The van der Waals surface area contributed by atoms with E-state index < -0.39 is 0 Å². The maximum absolute atomic E-state index is 12.9. The van der Waals surface area contributed by atoms with Crippen LogP contribution in [0.15, 0.2) is 24.3 Å². The number of nitrogens with one attached hydrogen (secondary N) is 1. The second kappa shape index (κ2) is 5.47. The van der Waals surface area contributed by atoms with E-state index in [-0.39, 0.29) is 5.78 Å². The second-order valence-corrected chi connectivity index (χ2v) is 6.21. The molecule has 4 rings (SSSR count). The van der Waals surface area contributed by atoms with Crippen LogP contribution >= 0.6 is 0 Å². The molecule has 6 nitrogen and oxygen atoms in total. The van der Waals surface area contributed by atoms with E-state index in [4.69, 9.17) is 4.74 Å². The number of hydrogen-bond acceptors (Lipinski definition) is 3. The summed E-state index contributed by atoms with van der Waals surface area (Å²) in [6.07, 6.45) is 0. The van der Waals surface area contributed by atoms with Crippen molar-refractivity contribution in [2.45, 2.75) is 6.92 Å². The third-order valence-electron chi connectivity index (χ3n) is 4.71. The van der Waals surface area contributed by atoms with Gasteiger partial charge in [-0.2, -0.15) is 5.10 Å². The lowest BCUT2D eigenvalue weighted by molar-refractivity contribution is -0.899. The Morgan fingerprint density at radius 3 is 2.70 bits per heavy atom. The van der Waals surface area contributed by atoms with Crippen molar-refractivity contribution in [1.82, 2.24) is 14.2 Å². The monoisotopic (exact) mass is 313 g/mol. The van der Waals surface area contributed by atoms with E-state index in [0.29, 0.717) is 6.54 Å². The Morgan fingerprint density at radius 2 is 1.96 bits per heavy atom. The molecule has 1 saturated heterocycles. The van der Waals surface area contributed by atoms with Gasteiger partial charge >= 0.3 is 0 Å². The maximum Gasteiger partial charge on any atom is 0.222 e. The molecule has 6 heteroatoms. The molecule has 0 aliphatic carbocycles. The van der Waals surface area contributed by atoms with Crippen molar-refractivity contribution in [1.29, 1.82) is 0 Å². The number of fused-ring (bicyclic) bond motifs is 3. The van der Waals surface area contributed by atoms with Crippen LogP contribution in [0.2, 0.25) is 0 Å². The number of morpholine rings is 1. The summed E-state index contributed by atoms with van der Waals surface area (Å²) in [5.41, 5.74) is 4.57. The molecule has 23 heavy (non-hydrogen) atoms. The van der Waals surface area contributed by atoms with Gasteiger partial charge < -0.3 is 14.2 Å². The number of quaternary nitrogens is 1. The molecule has 2 aromatic heterocycles. The fraction of sp³-hybridized carbons (Fsp3) is 0.412. The zero-order valence-electron chi connectivity index (χ0n) is 13.5. The topological polar surface area (TPSA) is 53.0 Å². The molecule has 1 aliphatic rings. The summed E-state index contributed by atoms with van der Waals surface area (Å²) < 4.78 is 9.33. The highest BCUT2D eigenvalue weighted by Gasteiger charge is 2.26. The molecule has 1 aliphatic heterocycles. The molecule has 0 spiro atoms. The molecule has 120 valence electrons. The summed E-state index contributed by atoms with van der Waals surface area (Å²) in [6, 6.07) is 8.10. The van der Waals surface area contributed by atoms with E-state index in [1.807, 2.05) is 36.7 Å². The number of ketones is 1. The molecule has 1 fully saturated rings. The molecule has 1 aromatic carbocycles. The molecule has 1 N–H and O–H groups in total. The average molecular weight is 313 g/mol. The Labute approximate surface area is 134 Å². The summed E-state index contributed by atoms with van der Waals surface area (Å²) in [4.78, 5) is 14.2. The van der Waals surface area contributed by atoms with Crippen molar-refractivity contribution in [2.75, 3.05) is 32.8 Å². The van der Waals surface area contributed by atoms with Gasteiger partial charge in [0.25, 0.3) is 0 Å². The zero-order valence-corrected chi connectivity index (χ0v) is 13.5. The van der Waals surface area contributed by atoms with Gasteiger partial charge in [-0.1, -0.05) is 12.1 Å². The minimum absolute atomic E-state index is 0.167. The van der Waals surface area contributed by atoms with Gasteiger partial charge in [0.05, 0.1) is 35.5 Å². The van der Waals surface area contributed by atoms with Crippen LogP contribution < -0.4 is 4.90 Å². The largest absolute Gasteiger partial charge is 0.370 e. The van der Waals surface area contributed by atoms with Crippen LogP contribution in [0.1, 0.15) is 16.1 Å². The van der Waals surface area contributed by atoms with E-state index in [2.05, 4.69) is 15.7 Å². The minimum Gasteiger partial charge on any atom is -0.370 e. The molecular weight excluding hydrogens is 292 g/mol. The number of imidazole rings is 1. The zero-order chi connectivity index (χ0) is 16.0. The van der Waals surface area contributed by atoms with Crippen LogP contribution in [-0.4, -0.2) is 52.8 Å². The van der Waals surface area contributed by atoms with Crippen LogP contribution in [0, 0.1) is 6.92 Å². The number of carbonyl (C=O) groups excluding carboxylic acids is 1. The van der Waals surface area contributed by atoms with Crippen molar-refractivity contribution in [3.8, 4) is 0 Å². The van der Waals surface area contributed by atoms with Gasteiger partial charge in [0.1, 0.15) is 25.3 Å². The summed E-state index contributed by atoms with van der Waals surface area (Å²) in [6.45, 7) is 5.68. The van der Waals surface area contributed by atoms with E-state index in [1.165, 1.54) is 4.90 Å². The lowest BCUT2D eigenvalue weighted by Crippen LogP contribution is -3.14. The fourth-order valence-corrected chi connectivity index (χ4v) is 3.51. The Hall–Kier alpha value is -2.18. The molecule has 0 saturated carbocycles. The first kappa shape index (κ1) is 14.4. The number of carbonyl (C=O) groups is 1. The number of ether oxygens (including phenoxy) is 1. The van der Waals surface area contributed by atoms with Gasteiger partial charge in [0, 0.05) is 7.05 Å². The van der Waals surface area contributed by atoms with E-state index >= 15 is 0 Å². The number of benzene rings is 1. The summed E-state index contributed by atoms with van der Waals surface area (Å²) in [7, 11) is 2.00. The Morgan fingerprint density at radius 1 is 1.26 bits per heavy atom. The SMILES string of the molecule is Cc1nn2c3ccccc3n(C)c2c1C(=O)C[NH+]1CCOCC1. The normalized spacial score (nSPS) is 16.4. The van der Waals surface area contributed by atoms with Crippen LogP contribution in [0.3, 0.4) is 0 Å². The molecule has 0 bridgehead atoms. The summed E-state index contributed by atoms with van der Waals surface area (Å²) in [5.74, 6) is 0.167. The Kier molecular flexibility index (Phi) is 3.43. The number of hydrogen-bond donors (Lipinski definition) is 1. The Balaban J connectivity index is 1.79. The van der Waals surface area contributed by atoms with E-state index in [1.54, 1.807) is 0 Å². The smallest absolute Gasteiger partial charge is 0.222 e.